The van der Waals surface area contributed by atoms with E-state index in [1.807, 2.05) is 0 Å². The molecule has 1 aliphatic carbocycles. The maximum Gasteiger partial charge on any atom is 0.232 e. The zero-order valence-electron chi connectivity index (χ0n) is 21.3. The summed E-state index contributed by atoms with van der Waals surface area (Å²) in [5.74, 6) is -1.75. The van der Waals surface area contributed by atoms with Crippen LogP contribution in [0.1, 0.15) is 26.2 Å². The Bertz CT molecular complexity index is 1410. The highest BCUT2D eigenvalue weighted by Gasteiger charge is 2.35. The molecule has 3 aromatic rings. The second-order valence-corrected chi connectivity index (χ2v) is 11.6. The molecule has 1 saturated carbocycles. The molecular formula is C24H31F2N9O2S. The largest absolute Gasteiger partial charge is 0.351 e. The highest BCUT2D eigenvalue weighted by molar-refractivity contribution is 7.92. The summed E-state index contributed by atoms with van der Waals surface area (Å²) in [5.41, 5.74) is -0.255. The fourth-order valence-electron chi connectivity index (χ4n) is 4.74. The zero-order valence-corrected chi connectivity index (χ0v) is 22.1. The minimum atomic E-state index is -3.77. The second kappa shape index (κ2) is 10.9. The third-order valence-electron chi connectivity index (χ3n) is 6.95. The number of fused-ring (bicyclic) bond motifs is 1. The molecule has 5 rings (SSSR count). The van der Waals surface area contributed by atoms with E-state index in [0.29, 0.717) is 23.9 Å². The van der Waals surface area contributed by atoms with Gasteiger partial charge in [-0.1, -0.05) is 6.92 Å². The van der Waals surface area contributed by atoms with Crippen molar-refractivity contribution < 1.29 is 17.2 Å². The van der Waals surface area contributed by atoms with Gasteiger partial charge in [-0.25, -0.2) is 37.1 Å². The van der Waals surface area contributed by atoms with Crippen LogP contribution in [0.2, 0.25) is 0 Å². The van der Waals surface area contributed by atoms with Crippen molar-refractivity contribution in [2.24, 2.45) is 0 Å². The van der Waals surface area contributed by atoms with E-state index in [1.54, 1.807) is 6.92 Å². The van der Waals surface area contributed by atoms with Crippen LogP contribution in [0, 0.1) is 11.6 Å². The molecule has 3 heterocycles. The number of rotatable bonds is 9. The van der Waals surface area contributed by atoms with Crippen molar-refractivity contribution in [1.82, 2.24) is 29.7 Å². The van der Waals surface area contributed by atoms with Gasteiger partial charge in [0.1, 0.15) is 28.9 Å². The Morgan fingerprint density at radius 3 is 2.58 bits per heavy atom. The van der Waals surface area contributed by atoms with E-state index < -0.39 is 27.3 Å². The third-order valence-corrected chi connectivity index (χ3v) is 8.43. The molecule has 1 aromatic carbocycles. The van der Waals surface area contributed by atoms with Gasteiger partial charge in [0.25, 0.3) is 0 Å². The summed E-state index contributed by atoms with van der Waals surface area (Å²) in [5, 5.41) is 5.98. The number of nitrogens with zero attached hydrogens (tertiary/aromatic N) is 6. The fraction of sp³-hybridized carbons (Fsp3) is 0.500. The van der Waals surface area contributed by atoms with Crippen LogP contribution in [0.4, 0.5) is 31.9 Å². The van der Waals surface area contributed by atoms with Gasteiger partial charge < -0.3 is 15.5 Å². The first-order chi connectivity index (χ1) is 18.2. The Morgan fingerprint density at radius 1 is 1.08 bits per heavy atom. The number of sulfonamides is 1. The lowest BCUT2D eigenvalue weighted by Crippen LogP contribution is -2.55. The number of nitrogens with one attached hydrogen (secondary N) is 3. The molecule has 0 unspecified atom stereocenters. The van der Waals surface area contributed by atoms with Crippen molar-refractivity contribution in [3.05, 3.63) is 36.3 Å². The minimum absolute atomic E-state index is 0.0655. The van der Waals surface area contributed by atoms with E-state index in [1.165, 1.54) is 12.5 Å². The van der Waals surface area contributed by atoms with Gasteiger partial charge in [0.15, 0.2) is 11.6 Å². The first kappa shape index (κ1) is 26.4. The number of halogens is 2. The Balaban J connectivity index is 1.32. The van der Waals surface area contributed by atoms with E-state index in [9.17, 15) is 12.8 Å². The van der Waals surface area contributed by atoms with E-state index >= 15 is 4.39 Å². The van der Waals surface area contributed by atoms with Crippen LogP contribution in [-0.4, -0.2) is 89.2 Å². The van der Waals surface area contributed by atoms with E-state index in [2.05, 4.69) is 52.1 Å². The number of hydrogen-bond acceptors (Lipinski definition) is 10. The molecule has 2 fully saturated rings. The van der Waals surface area contributed by atoms with Crippen molar-refractivity contribution in [1.29, 1.82) is 0 Å². The van der Waals surface area contributed by atoms with Gasteiger partial charge >= 0.3 is 0 Å². The van der Waals surface area contributed by atoms with Crippen LogP contribution in [0.3, 0.4) is 0 Å². The average molecular weight is 548 g/mol. The van der Waals surface area contributed by atoms with Crippen LogP contribution >= 0.6 is 0 Å². The Morgan fingerprint density at radius 2 is 1.84 bits per heavy atom. The molecule has 0 bridgehead atoms. The smallest absolute Gasteiger partial charge is 0.232 e. The summed E-state index contributed by atoms with van der Waals surface area (Å²) in [6, 6.07) is 2.78. The van der Waals surface area contributed by atoms with Crippen LogP contribution in [0.15, 0.2) is 24.7 Å². The van der Waals surface area contributed by atoms with Crippen molar-refractivity contribution in [3.63, 3.8) is 0 Å². The van der Waals surface area contributed by atoms with Gasteiger partial charge in [0, 0.05) is 38.3 Å². The van der Waals surface area contributed by atoms with Gasteiger partial charge in [0.2, 0.25) is 16.0 Å². The van der Waals surface area contributed by atoms with E-state index in [4.69, 9.17) is 0 Å². The summed E-state index contributed by atoms with van der Waals surface area (Å²) in [4.78, 5) is 22.0. The molecule has 38 heavy (non-hydrogen) atoms. The topological polar surface area (TPSA) is 128 Å². The number of benzene rings is 1. The van der Waals surface area contributed by atoms with Gasteiger partial charge in [-0.3, -0.25) is 9.62 Å². The minimum Gasteiger partial charge on any atom is -0.351 e. The zero-order chi connectivity index (χ0) is 26.9. The predicted molar refractivity (Wildman–Crippen MR) is 142 cm³/mol. The lowest BCUT2D eigenvalue weighted by atomic mass is 9.85. The Kier molecular flexibility index (Phi) is 7.54. The van der Waals surface area contributed by atoms with Gasteiger partial charge in [-0.05, 0) is 38.4 Å². The molecule has 0 spiro atoms. The first-order valence-electron chi connectivity index (χ1n) is 12.6. The molecule has 2 aromatic heterocycles. The number of aromatic nitrogens is 4. The molecule has 3 N–H and O–H groups in total. The molecule has 11 nitrogen and oxygen atoms in total. The van der Waals surface area contributed by atoms with E-state index in [0.717, 1.165) is 51.2 Å². The van der Waals surface area contributed by atoms with Gasteiger partial charge in [0.05, 0.1) is 17.6 Å². The standard InChI is InChI=1S/C24H31F2N9O2S/c1-3-10-38(36,37)33-18-5-4-17(25)21(20(18)26)31-23-22-19(28-14-29-23)13-27-24(32-22)30-15-11-16(12-15)35-8-6-34(2)7-9-35/h4-5,13-16,33H,3,6-12H2,1-2H3,(H,27,30,32)(H,28,29,31). The molecule has 2 aliphatic rings. The maximum absolute atomic E-state index is 15.2. The molecular weight excluding hydrogens is 516 g/mol. The SMILES string of the molecule is CCCS(=O)(=O)Nc1ccc(F)c(Nc2ncnc3cnc(NC4CC(N5CCN(C)CC5)C4)nc23)c1F. The molecule has 14 heteroatoms. The van der Waals surface area contributed by atoms with Gasteiger partial charge in [-0.2, -0.15) is 0 Å². The fourth-order valence-corrected chi connectivity index (χ4v) is 5.87. The third kappa shape index (κ3) is 5.76. The number of anilines is 4. The van der Waals surface area contributed by atoms with Crippen molar-refractivity contribution in [2.75, 3.05) is 54.3 Å². The number of piperazine rings is 1. The molecule has 1 saturated heterocycles. The average Bonchev–Trinajstić information content (AvgIpc) is 2.86. The van der Waals surface area contributed by atoms with Crippen LogP contribution in [0.25, 0.3) is 11.0 Å². The second-order valence-electron chi connectivity index (χ2n) is 9.79. The summed E-state index contributed by atoms with van der Waals surface area (Å²) >= 11 is 0. The van der Waals surface area contributed by atoms with Crippen LogP contribution in [-0.2, 0) is 10.0 Å². The lowest BCUT2D eigenvalue weighted by molar-refractivity contribution is 0.0656. The first-order valence-corrected chi connectivity index (χ1v) is 14.3. The summed E-state index contributed by atoms with van der Waals surface area (Å²) in [6.07, 6.45) is 5.08. The molecule has 0 amide bonds. The molecule has 204 valence electrons. The number of hydrogen-bond donors (Lipinski definition) is 3. The lowest BCUT2D eigenvalue weighted by Gasteiger charge is -2.46. The highest BCUT2D eigenvalue weighted by Crippen LogP contribution is 2.32. The molecule has 0 atom stereocenters. The summed E-state index contributed by atoms with van der Waals surface area (Å²) < 4.78 is 56.2. The van der Waals surface area contributed by atoms with Crippen molar-refractivity contribution in [3.8, 4) is 0 Å². The Hall–Kier alpha value is -3.23. The summed E-state index contributed by atoms with van der Waals surface area (Å²) in [6.45, 7) is 5.98. The Labute approximate surface area is 220 Å². The predicted octanol–water partition coefficient (Wildman–Crippen LogP) is 2.78. The van der Waals surface area contributed by atoms with Crippen molar-refractivity contribution >= 4 is 44.2 Å². The summed E-state index contributed by atoms with van der Waals surface area (Å²) in [7, 11) is -1.63. The van der Waals surface area contributed by atoms with Crippen molar-refractivity contribution in [2.45, 2.75) is 38.3 Å². The highest BCUT2D eigenvalue weighted by atomic mass is 32.2. The van der Waals surface area contributed by atoms with Gasteiger partial charge in [-0.15, -0.1) is 0 Å². The normalized spacial score (nSPS) is 20.7. The molecule has 0 radical (unpaired) electrons. The monoisotopic (exact) mass is 547 g/mol. The molecule has 1 aliphatic heterocycles. The quantitative estimate of drug-likeness (QED) is 0.368. The van der Waals surface area contributed by atoms with E-state index in [-0.39, 0.29) is 28.8 Å². The van der Waals surface area contributed by atoms with Crippen LogP contribution in [0.5, 0.6) is 0 Å². The maximum atomic E-state index is 15.2. The van der Waals surface area contributed by atoms with Crippen LogP contribution < -0.4 is 15.4 Å². The number of likely N-dealkylation sites (N-methyl/N-ethyl adjacent to an activating group) is 1.